The Balaban J connectivity index is 2.00. The lowest BCUT2D eigenvalue weighted by molar-refractivity contribution is -0.514. The summed E-state index contributed by atoms with van der Waals surface area (Å²) in [6, 6.07) is 33.7. The van der Waals surface area contributed by atoms with Crippen molar-refractivity contribution in [3.05, 3.63) is 148 Å². The second-order valence-electron chi connectivity index (χ2n) is 10.00. The number of hydrogen-bond donors (Lipinski definition) is 0. The fourth-order valence-electron chi connectivity index (χ4n) is 6.04. The normalized spacial score (nSPS) is 17.9. The Bertz CT molecular complexity index is 1640. The molecule has 9 heteroatoms. The van der Waals surface area contributed by atoms with E-state index in [4.69, 9.17) is 21.1 Å². The number of ether oxygens (including phenoxy) is 2. The quantitative estimate of drug-likeness (QED) is 0.118. The van der Waals surface area contributed by atoms with Crippen molar-refractivity contribution in [3.63, 3.8) is 0 Å². The van der Waals surface area contributed by atoms with Gasteiger partial charge >= 0.3 is 11.9 Å². The van der Waals surface area contributed by atoms with E-state index in [0.717, 1.165) is 15.9 Å². The molecule has 0 aliphatic heterocycles. The fourth-order valence-corrected chi connectivity index (χ4v) is 10.7. The van der Waals surface area contributed by atoms with Crippen LogP contribution < -0.4 is 15.9 Å². The van der Waals surface area contributed by atoms with Crippen LogP contribution in [0, 0.1) is 16.0 Å². The van der Waals surface area contributed by atoms with Crippen LogP contribution in [-0.4, -0.2) is 42.4 Å². The molecule has 1 aliphatic carbocycles. The standard InChI is InChI=1S/C34H29ClNO6P/c1-41-33(37)28-22-29(31(36(39)40)30(28)23-13-12-14-24(35)21-23)32(34(38)42-2)43(25-15-6-3-7-16-25,26-17-8-4-9-18-26)27-19-10-5-11-20-27/h3-22,28,30-31H,1-2H3/t28-,30-,31-/m0/s1. The minimum atomic E-state index is -3.16. The Hall–Kier alpha value is -4.45. The maximum Gasteiger partial charge on any atom is 0.339 e. The summed E-state index contributed by atoms with van der Waals surface area (Å²) in [7, 11) is 2.51. The van der Waals surface area contributed by atoms with Gasteiger partial charge in [-0.2, -0.15) is 0 Å². The summed E-state index contributed by atoms with van der Waals surface area (Å²) < 4.78 is 10.6. The predicted octanol–water partition coefficient (Wildman–Crippen LogP) is 5.14. The highest BCUT2D eigenvalue weighted by molar-refractivity contribution is 7.96. The third-order valence-corrected chi connectivity index (χ3v) is 12.3. The van der Waals surface area contributed by atoms with E-state index < -0.39 is 41.6 Å². The van der Waals surface area contributed by atoms with Gasteiger partial charge in [0, 0.05) is 15.5 Å². The molecule has 0 aromatic heterocycles. The van der Waals surface area contributed by atoms with Crippen LogP contribution in [0.15, 0.2) is 127 Å². The SMILES string of the molecule is COC(=O)C(C1=C[C@H](C(=O)OC)[C@H](c2cccc(Cl)c2)[C@H]1[N+](=O)[O-])=P(c1ccccc1)(c1ccccc1)c1ccccc1. The van der Waals surface area contributed by atoms with E-state index in [-0.39, 0.29) is 10.9 Å². The van der Waals surface area contributed by atoms with Crippen molar-refractivity contribution in [2.24, 2.45) is 5.92 Å². The van der Waals surface area contributed by atoms with Gasteiger partial charge in [0.2, 0.25) is 6.04 Å². The second-order valence-corrected chi connectivity index (χ2v) is 13.8. The first-order valence-electron chi connectivity index (χ1n) is 13.5. The molecule has 1 aliphatic rings. The molecule has 0 unspecified atom stereocenters. The molecule has 0 bridgehead atoms. The summed E-state index contributed by atoms with van der Waals surface area (Å²) in [6.07, 6.45) is 1.53. The van der Waals surface area contributed by atoms with Gasteiger partial charge in [-0.1, -0.05) is 121 Å². The molecule has 5 rings (SSSR count). The topological polar surface area (TPSA) is 95.7 Å². The number of carbonyl (C=O) groups excluding carboxylic acids is 2. The van der Waals surface area contributed by atoms with Gasteiger partial charge in [-0.25, -0.2) is 4.79 Å². The van der Waals surface area contributed by atoms with Gasteiger partial charge in [0.1, 0.15) is 0 Å². The molecule has 4 aromatic rings. The maximum atomic E-state index is 14.2. The molecule has 0 amide bonds. The summed E-state index contributed by atoms with van der Waals surface area (Å²) in [5.41, 5.74) is 0.616. The van der Waals surface area contributed by atoms with Crippen LogP contribution in [0.1, 0.15) is 11.5 Å². The Morgan fingerprint density at radius 1 is 0.767 bits per heavy atom. The molecule has 3 atom stereocenters. The monoisotopic (exact) mass is 613 g/mol. The Labute approximate surface area is 254 Å². The van der Waals surface area contributed by atoms with E-state index in [1.54, 1.807) is 24.3 Å². The van der Waals surface area contributed by atoms with Crippen LogP contribution in [0.5, 0.6) is 0 Å². The molecule has 0 radical (unpaired) electrons. The van der Waals surface area contributed by atoms with Crippen molar-refractivity contribution in [1.82, 2.24) is 0 Å². The number of hydrogen-bond acceptors (Lipinski definition) is 6. The Morgan fingerprint density at radius 2 is 1.28 bits per heavy atom. The molecule has 0 fully saturated rings. The number of rotatable bonds is 8. The lowest BCUT2D eigenvalue weighted by Crippen LogP contribution is -2.39. The van der Waals surface area contributed by atoms with Crippen molar-refractivity contribution in [3.8, 4) is 0 Å². The third kappa shape index (κ3) is 5.42. The number of methoxy groups -OCH3 is 2. The van der Waals surface area contributed by atoms with Gasteiger partial charge in [-0.3, -0.25) is 14.9 Å². The van der Waals surface area contributed by atoms with E-state index in [9.17, 15) is 19.7 Å². The average Bonchev–Trinajstić information content (AvgIpc) is 3.44. The number of carbonyl (C=O) groups is 2. The van der Waals surface area contributed by atoms with E-state index in [1.807, 2.05) is 91.0 Å². The molecule has 0 saturated heterocycles. The largest absolute Gasteiger partial charge is 0.469 e. The fraction of sp³-hybridized carbons (Fsp3) is 0.147. The number of nitrogens with zero attached hydrogens (tertiary/aromatic N) is 1. The van der Waals surface area contributed by atoms with Crippen molar-refractivity contribution in [2.45, 2.75) is 12.0 Å². The van der Waals surface area contributed by atoms with E-state index in [2.05, 4.69) is 0 Å². The molecule has 4 aromatic carbocycles. The third-order valence-electron chi connectivity index (χ3n) is 7.76. The minimum absolute atomic E-state index is 0.127. The van der Waals surface area contributed by atoms with Gasteiger partial charge in [-0.15, -0.1) is 0 Å². The van der Waals surface area contributed by atoms with Gasteiger partial charge in [0.15, 0.2) is 0 Å². The Kier molecular flexibility index (Phi) is 8.95. The number of benzene rings is 4. The highest BCUT2D eigenvalue weighted by Gasteiger charge is 2.53. The van der Waals surface area contributed by atoms with E-state index in [0.29, 0.717) is 10.6 Å². The summed E-state index contributed by atoms with van der Waals surface area (Å²) in [5.74, 6) is -3.41. The first-order valence-corrected chi connectivity index (χ1v) is 15.7. The molecule has 0 heterocycles. The highest BCUT2D eigenvalue weighted by Crippen LogP contribution is 2.52. The van der Waals surface area contributed by atoms with Crippen molar-refractivity contribution >= 4 is 51.6 Å². The molecule has 0 spiro atoms. The first kappa shape index (κ1) is 30.0. The second kappa shape index (κ2) is 12.8. The lowest BCUT2D eigenvalue weighted by Gasteiger charge is -2.33. The molecule has 0 saturated carbocycles. The first-order chi connectivity index (χ1) is 20.8. The summed E-state index contributed by atoms with van der Waals surface area (Å²) in [5, 5.41) is 16.0. The molecular weight excluding hydrogens is 585 g/mol. The molecule has 43 heavy (non-hydrogen) atoms. The summed E-state index contributed by atoms with van der Waals surface area (Å²) in [4.78, 5) is 40.2. The number of esters is 2. The van der Waals surface area contributed by atoms with Crippen LogP contribution in [0.2, 0.25) is 5.02 Å². The van der Waals surface area contributed by atoms with Crippen LogP contribution >= 0.6 is 18.5 Å². The van der Waals surface area contributed by atoms with Gasteiger partial charge in [0.05, 0.1) is 31.3 Å². The van der Waals surface area contributed by atoms with E-state index in [1.165, 1.54) is 20.3 Å². The van der Waals surface area contributed by atoms with Gasteiger partial charge in [0.25, 0.3) is 0 Å². The predicted molar refractivity (Wildman–Crippen MR) is 171 cm³/mol. The Morgan fingerprint density at radius 3 is 1.70 bits per heavy atom. The molecular formula is C34H29ClNO6P. The van der Waals surface area contributed by atoms with Crippen LogP contribution in [0.4, 0.5) is 0 Å². The molecule has 0 N–H and O–H groups in total. The number of nitro groups is 1. The van der Waals surface area contributed by atoms with Crippen molar-refractivity contribution in [1.29, 1.82) is 0 Å². The highest BCUT2D eigenvalue weighted by atomic mass is 35.5. The van der Waals surface area contributed by atoms with Gasteiger partial charge < -0.3 is 9.47 Å². The maximum absolute atomic E-state index is 14.2. The summed E-state index contributed by atoms with van der Waals surface area (Å²) in [6.45, 7) is -3.16. The number of halogens is 1. The van der Waals surface area contributed by atoms with Crippen LogP contribution in [0.3, 0.4) is 0 Å². The zero-order valence-corrected chi connectivity index (χ0v) is 25.2. The van der Waals surface area contributed by atoms with E-state index >= 15 is 0 Å². The zero-order valence-electron chi connectivity index (χ0n) is 23.5. The van der Waals surface area contributed by atoms with Crippen LogP contribution in [-0.2, 0) is 19.1 Å². The molecule has 7 nitrogen and oxygen atoms in total. The van der Waals surface area contributed by atoms with Crippen molar-refractivity contribution in [2.75, 3.05) is 14.2 Å². The molecule has 218 valence electrons. The zero-order chi connectivity index (χ0) is 30.6. The smallest absolute Gasteiger partial charge is 0.339 e. The van der Waals surface area contributed by atoms with Crippen molar-refractivity contribution < 1.29 is 24.0 Å². The lowest BCUT2D eigenvalue weighted by atomic mass is 9.84. The van der Waals surface area contributed by atoms with Gasteiger partial charge in [-0.05, 0) is 40.5 Å². The summed E-state index contributed by atoms with van der Waals surface area (Å²) >= 11 is 6.32. The average molecular weight is 614 g/mol. The minimum Gasteiger partial charge on any atom is -0.469 e. The van der Waals surface area contributed by atoms with Crippen LogP contribution in [0.25, 0.3) is 0 Å².